The number of para-hydroxylation sites is 1. The fourth-order valence-electron chi connectivity index (χ4n) is 1.61. The number of aryl methyl sites for hydroxylation is 1. The van der Waals surface area contributed by atoms with Gasteiger partial charge in [-0.25, -0.2) is 9.18 Å². The molecule has 2 rings (SSSR count). The number of rotatable bonds is 3. The van der Waals surface area contributed by atoms with Gasteiger partial charge >= 0.3 is 5.97 Å². The van der Waals surface area contributed by atoms with Crippen LogP contribution in [0.4, 0.5) is 10.1 Å². The predicted octanol–water partition coefficient (Wildman–Crippen LogP) is 3.15. The van der Waals surface area contributed by atoms with Gasteiger partial charge in [-0.15, -0.1) is 11.3 Å². The summed E-state index contributed by atoms with van der Waals surface area (Å²) in [7, 11) is 0. The number of amides is 1. The number of hydrogen-bond donors (Lipinski definition) is 2. The molecule has 0 radical (unpaired) electrons. The molecule has 1 aromatic carbocycles. The van der Waals surface area contributed by atoms with Crippen LogP contribution in [0.3, 0.4) is 0 Å². The summed E-state index contributed by atoms with van der Waals surface area (Å²) in [6.45, 7) is 1.75. The number of thiophene rings is 1. The molecule has 0 saturated heterocycles. The minimum atomic E-state index is -1.29. The van der Waals surface area contributed by atoms with Crippen molar-refractivity contribution < 1.29 is 19.1 Å². The van der Waals surface area contributed by atoms with Crippen LogP contribution in [0.2, 0.25) is 0 Å². The SMILES string of the molecule is Cc1ccsc1C(=O)Nc1c(F)cccc1C(=O)O. The number of nitrogens with one attached hydrogen (secondary N) is 1. The third kappa shape index (κ3) is 2.63. The van der Waals surface area contributed by atoms with E-state index in [2.05, 4.69) is 5.32 Å². The molecule has 0 bridgehead atoms. The molecule has 4 nitrogen and oxygen atoms in total. The van der Waals surface area contributed by atoms with Crippen molar-refractivity contribution in [3.05, 3.63) is 51.5 Å². The zero-order valence-corrected chi connectivity index (χ0v) is 10.8. The molecule has 6 heteroatoms. The highest BCUT2D eigenvalue weighted by Crippen LogP contribution is 2.23. The van der Waals surface area contributed by atoms with E-state index in [4.69, 9.17) is 5.11 Å². The molecule has 2 N–H and O–H groups in total. The summed E-state index contributed by atoms with van der Waals surface area (Å²) >= 11 is 1.22. The molecule has 1 amide bonds. The van der Waals surface area contributed by atoms with Crippen molar-refractivity contribution in [2.75, 3.05) is 5.32 Å². The monoisotopic (exact) mass is 279 g/mol. The Kier molecular flexibility index (Phi) is 3.62. The summed E-state index contributed by atoms with van der Waals surface area (Å²) in [5.41, 5.74) is 0.172. The Hall–Kier alpha value is -2.21. The lowest BCUT2D eigenvalue weighted by Crippen LogP contribution is -2.15. The zero-order chi connectivity index (χ0) is 14.0. The molecule has 0 saturated carbocycles. The minimum Gasteiger partial charge on any atom is -0.478 e. The van der Waals surface area contributed by atoms with Gasteiger partial charge in [0.15, 0.2) is 0 Å². The summed E-state index contributed by atoms with van der Waals surface area (Å²) in [6.07, 6.45) is 0. The largest absolute Gasteiger partial charge is 0.478 e. The van der Waals surface area contributed by atoms with Gasteiger partial charge in [-0.2, -0.15) is 0 Å². The first-order valence-electron chi connectivity index (χ1n) is 5.38. The van der Waals surface area contributed by atoms with Gasteiger partial charge in [0.2, 0.25) is 0 Å². The van der Waals surface area contributed by atoms with E-state index in [1.807, 2.05) is 0 Å². The van der Waals surface area contributed by atoms with Crippen LogP contribution in [0.15, 0.2) is 29.6 Å². The van der Waals surface area contributed by atoms with Gasteiger partial charge in [0.25, 0.3) is 5.91 Å². The van der Waals surface area contributed by atoms with E-state index >= 15 is 0 Å². The van der Waals surface area contributed by atoms with Crippen molar-refractivity contribution >= 4 is 28.9 Å². The maximum Gasteiger partial charge on any atom is 0.337 e. The molecule has 98 valence electrons. The normalized spacial score (nSPS) is 10.2. The zero-order valence-electron chi connectivity index (χ0n) is 9.94. The highest BCUT2D eigenvalue weighted by atomic mass is 32.1. The number of carbonyl (C=O) groups excluding carboxylic acids is 1. The van der Waals surface area contributed by atoms with Gasteiger partial charge < -0.3 is 10.4 Å². The van der Waals surface area contributed by atoms with Crippen LogP contribution in [0.25, 0.3) is 0 Å². The van der Waals surface area contributed by atoms with Gasteiger partial charge in [-0.05, 0) is 36.1 Å². The van der Waals surface area contributed by atoms with Crippen molar-refractivity contribution in [1.29, 1.82) is 0 Å². The lowest BCUT2D eigenvalue weighted by Gasteiger charge is -2.09. The van der Waals surface area contributed by atoms with Crippen LogP contribution >= 0.6 is 11.3 Å². The van der Waals surface area contributed by atoms with Crippen molar-refractivity contribution in [1.82, 2.24) is 0 Å². The Morgan fingerprint density at radius 1 is 1.32 bits per heavy atom. The van der Waals surface area contributed by atoms with E-state index in [0.717, 1.165) is 11.6 Å². The number of anilines is 1. The van der Waals surface area contributed by atoms with Crippen LogP contribution in [0.5, 0.6) is 0 Å². The fraction of sp³-hybridized carbons (Fsp3) is 0.0769. The quantitative estimate of drug-likeness (QED) is 0.907. The van der Waals surface area contributed by atoms with E-state index in [-0.39, 0.29) is 11.3 Å². The molecule has 1 heterocycles. The topological polar surface area (TPSA) is 66.4 Å². The Balaban J connectivity index is 2.36. The predicted molar refractivity (Wildman–Crippen MR) is 70.4 cm³/mol. The van der Waals surface area contributed by atoms with E-state index in [9.17, 15) is 14.0 Å². The minimum absolute atomic E-state index is 0.275. The first-order chi connectivity index (χ1) is 9.00. The molecule has 0 fully saturated rings. The lowest BCUT2D eigenvalue weighted by molar-refractivity contribution is 0.0697. The van der Waals surface area contributed by atoms with Gasteiger partial charge in [-0.1, -0.05) is 6.07 Å². The number of halogens is 1. The van der Waals surface area contributed by atoms with Crippen LogP contribution in [-0.4, -0.2) is 17.0 Å². The summed E-state index contributed by atoms with van der Waals surface area (Å²) in [5.74, 6) is -2.58. The van der Waals surface area contributed by atoms with Gasteiger partial charge in [0, 0.05) is 0 Å². The molecule has 0 atom stereocenters. The second kappa shape index (κ2) is 5.19. The third-order valence-corrected chi connectivity index (χ3v) is 3.57. The molecule has 0 unspecified atom stereocenters. The fourth-order valence-corrected chi connectivity index (χ4v) is 2.43. The molecule has 2 aromatic rings. The summed E-state index contributed by atoms with van der Waals surface area (Å²) in [4.78, 5) is 23.4. The van der Waals surface area contributed by atoms with Gasteiger partial charge in [0.05, 0.1) is 16.1 Å². The first-order valence-corrected chi connectivity index (χ1v) is 6.26. The standard InChI is InChI=1S/C13H10FNO3S/c1-7-5-6-19-11(7)12(16)15-10-8(13(17)18)3-2-4-9(10)14/h2-6H,1H3,(H,15,16)(H,17,18). The lowest BCUT2D eigenvalue weighted by atomic mass is 10.1. The number of hydrogen-bond acceptors (Lipinski definition) is 3. The number of benzene rings is 1. The average Bonchev–Trinajstić information content (AvgIpc) is 2.77. The molecule has 0 aliphatic heterocycles. The highest BCUT2D eigenvalue weighted by Gasteiger charge is 2.18. The van der Waals surface area contributed by atoms with Crippen molar-refractivity contribution in [2.45, 2.75) is 6.92 Å². The van der Waals surface area contributed by atoms with Gasteiger partial charge in [-0.3, -0.25) is 4.79 Å². The molecular formula is C13H10FNO3S. The number of carboxylic acids is 1. The van der Waals surface area contributed by atoms with Crippen molar-refractivity contribution in [3.63, 3.8) is 0 Å². The molecule has 0 aliphatic carbocycles. The molecule has 0 aliphatic rings. The van der Waals surface area contributed by atoms with E-state index < -0.39 is 17.7 Å². The summed E-state index contributed by atoms with van der Waals surface area (Å²) in [5, 5.41) is 13.0. The van der Waals surface area contributed by atoms with Gasteiger partial charge in [0.1, 0.15) is 5.82 Å². The van der Waals surface area contributed by atoms with Crippen LogP contribution in [-0.2, 0) is 0 Å². The first kappa shape index (κ1) is 13.2. The summed E-state index contributed by atoms with van der Waals surface area (Å²) < 4.78 is 13.6. The summed E-state index contributed by atoms with van der Waals surface area (Å²) in [6, 6.07) is 5.38. The van der Waals surface area contributed by atoms with Crippen molar-refractivity contribution in [3.8, 4) is 0 Å². The van der Waals surface area contributed by atoms with Crippen LogP contribution in [0, 0.1) is 12.7 Å². The third-order valence-electron chi connectivity index (χ3n) is 2.55. The maximum absolute atomic E-state index is 13.6. The van der Waals surface area contributed by atoms with E-state index in [1.54, 1.807) is 18.4 Å². The molecule has 1 aromatic heterocycles. The second-order valence-corrected chi connectivity index (χ2v) is 4.77. The molecular weight excluding hydrogens is 269 g/mol. The Morgan fingerprint density at radius 3 is 2.63 bits per heavy atom. The Morgan fingerprint density at radius 2 is 2.05 bits per heavy atom. The second-order valence-electron chi connectivity index (χ2n) is 3.85. The van der Waals surface area contributed by atoms with Crippen molar-refractivity contribution in [2.24, 2.45) is 0 Å². The Bertz CT molecular complexity index is 651. The number of carbonyl (C=O) groups is 2. The Labute approximate surface area is 112 Å². The smallest absolute Gasteiger partial charge is 0.337 e. The average molecular weight is 279 g/mol. The van der Waals surface area contributed by atoms with E-state index in [0.29, 0.717) is 4.88 Å². The number of aromatic carboxylic acids is 1. The van der Waals surface area contributed by atoms with Crippen LogP contribution < -0.4 is 5.32 Å². The molecule has 0 spiro atoms. The highest BCUT2D eigenvalue weighted by molar-refractivity contribution is 7.12. The van der Waals surface area contributed by atoms with E-state index in [1.165, 1.54) is 23.5 Å². The molecule has 19 heavy (non-hydrogen) atoms. The number of carboxylic acid groups (broad SMARTS) is 1. The maximum atomic E-state index is 13.6. The van der Waals surface area contributed by atoms with Crippen LogP contribution in [0.1, 0.15) is 25.6 Å².